The first-order valence-corrected chi connectivity index (χ1v) is 6.93. The minimum absolute atomic E-state index is 0.179. The molecule has 90 valence electrons. The Morgan fingerprint density at radius 3 is 2.71 bits per heavy atom. The fourth-order valence-corrected chi connectivity index (χ4v) is 3.18. The third-order valence-electron chi connectivity index (χ3n) is 2.38. The number of aliphatic hydroxyl groups excluding tert-OH is 1. The van der Waals surface area contributed by atoms with Crippen molar-refractivity contribution in [2.45, 2.75) is 12.5 Å². The van der Waals surface area contributed by atoms with Crippen molar-refractivity contribution >= 4 is 38.9 Å². The second-order valence-electron chi connectivity index (χ2n) is 3.56. The summed E-state index contributed by atoms with van der Waals surface area (Å²) in [7, 11) is 0. The molecule has 2 aromatic rings. The maximum absolute atomic E-state index is 13.5. The predicted molar refractivity (Wildman–Crippen MR) is 72.1 cm³/mol. The molecule has 0 saturated carbocycles. The largest absolute Gasteiger partial charge is 0.387 e. The second kappa shape index (κ2) is 5.48. The van der Waals surface area contributed by atoms with Crippen LogP contribution in [0.5, 0.6) is 0 Å². The predicted octanol–water partition coefficient (Wildman–Crippen LogP) is 4.58. The highest BCUT2D eigenvalue weighted by Gasteiger charge is 2.15. The van der Waals surface area contributed by atoms with Gasteiger partial charge in [-0.25, -0.2) is 4.39 Å². The summed E-state index contributed by atoms with van der Waals surface area (Å²) in [5, 5.41) is 10.3. The van der Waals surface area contributed by atoms with Gasteiger partial charge in [-0.2, -0.15) is 0 Å². The molecule has 0 aliphatic rings. The number of aliphatic hydroxyl groups is 1. The number of rotatable bonds is 3. The maximum atomic E-state index is 13.5. The summed E-state index contributed by atoms with van der Waals surface area (Å²) in [5.41, 5.74) is 0.353. The summed E-state index contributed by atoms with van der Waals surface area (Å²) in [6.45, 7) is 0. The number of halogens is 3. The molecule has 17 heavy (non-hydrogen) atoms. The molecule has 1 heterocycles. The number of benzene rings is 1. The van der Waals surface area contributed by atoms with E-state index in [1.807, 2.05) is 12.1 Å². The molecule has 0 saturated heterocycles. The molecule has 0 fully saturated rings. The number of thiophene rings is 1. The summed E-state index contributed by atoms with van der Waals surface area (Å²) in [6, 6.07) is 8.19. The van der Waals surface area contributed by atoms with Crippen LogP contribution in [-0.4, -0.2) is 5.11 Å². The van der Waals surface area contributed by atoms with Gasteiger partial charge in [-0.15, -0.1) is 11.3 Å². The summed E-state index contributed by atoms with van der Waals surface area (Å²) in [6.07, 6.45) is -0.556. The van der Waals surface area contributed by atoms with Gasteiger partial charge in [0.25, 0.3) is 0 Å². The van der Waals surface area contributed by atoms with E-state index in [-0.39, 0.29) is 12.2 Å². The van der Waals surface area contributed by atoms with Gasteiger partial charge >= 0.3 is 0 Å². The topological polar surface area (TPSA) is 20.2 Å². The molecule has 1 aromatic carbocycles. The summed E-state index contributed by atoms with van der Waals surface area (Å²) >= 11 is 10.7. The van der Waals surface area contributed by atoms with E-state index in [0.717, 1.165) is 8.66 Å². The minimum atomic E-state index is -0.735. The average molecular weight is 336 g/mol. The van der Waals surface area contributed by atoms with Gasteiger partial charge in [-0.05, 0) is 40.2 Å². The molecule has 5 heteroatoms. The maximum Gasteiger partial charge on any atom is 0.127 e. The van der Waals surface area contributed by atoms with Gasteiger partial charge in [0.05, 0.1) is 9.89 Å². The van der Waals surface area contributed by atoms with E-state index in [4.69, 9.17) is 11.6 Å². The molecule has 1 unspecified atom stereocenters. The molecule has 0 bridgehead atoms. The van der Waals surface area contributed by atoms with Gasteiger partial charge in [-0.1, -0.05) is 17.7 Å². The van der Waals surface area contributed by atoms with Crippen LogP contribution in [0.4, 0.5) is 4.39 Å². The van der Waals surface area contributed by atoms with Gasteiger partial charge in [0.2, 0.25) is 0 Å². The van der Waals surface area contributed by atoms with Crippen LogP contribution in [0.25, 0.3) is 0 Å². The molecule has 1 atom stereocenters. The lowest BCUT2D eigenvalue weighted by molar-refractivity contribution is 0.181. The van der Waals surface area contributed by atoms with E-state index < -0.39 is 6.10 Å². The zero-order valence-corrected chi connectivity index (χ0v) is 11.8. The van der Waals surface area contributed by atoms with Crippen molar-refractivity contribution in [3.8, 4) is 0 Å². The van der Waals surface area contributed by atoms with E-state index in [1.54, 1.807) is 12.1 Å². The standard InChI is InChI=1S/C12H9BrClFOS/c13-12-5-4-11(17-12)10(16)6-7-8(14)2-1-3-9(7)15/h1-5,10,16H,6H2. The molecular formula is C12H9BrClFOS. The van der Waals surface area contributed by atoms with Crippen LogP contribution in [-0.2, 0) is 6.42 Å². The summed E-state index contributed by atoms with van der Waals surface area (Å²) in [5.74, 6) is -0.382. The minimum Gasteiger partial charge on any atom is -0.387 e. The normalized spacial score (nSPS) is 12.7. The average Bonchev–Trinajstić information content (AvgIpc) is 2.70. The first kappa shape index (κ1) is 13.0. The Morgan fingerprint density at radius 1 is 1.35 bits per heavy atom. The third-order valence-corrected chi connectivity index (χ3v) is 4.46. The smallest absolute Gasteiger partial charge is 0.127 e. The Kier molecular flexibility index (Phi) is 4.20. The monoisotopic (exact) mass is 334 g/mol. The van der Waals surface area contributed by atoms with Crippen LogP contribution in [0.2, 0.25) is 5.02 Å². The molecular weight excluding hydrogens is 327 g/mol. The lowest BCUT2D eigenvalue weighted by Gasteiger charge is -2.10. The Morgan fingerprint density at radius 2 is 2.12 bits per heavy atom. The van der Waals surface area contributed by atoms with Crippen molar-refractivity contribution in [1.29, 1.82) is 0 Å². The Hall–Kier alpha value is -0.420. The van der Waals surface area contributed by atoms with Gasteiger partial charge in [0, 0.05) is 21.9 Å². The van der Waals surface area contributed by atoms with E-state index >= 15 is 0 Å². The van der Waals surface area contributed by atoms with Crippen molar-refractivity contribution in [3.63, 3.8) is 0 Å². The molecule has 0 spiro atoms. The molecule has 0 radical (unpaired) electrons. The molecule has 0 aliphatic carbocycles. The molecule has 1 N–H and O–H groups in total. The van der Waals surface area contributed by atoms with Crippen LogP contribution in [0.3, 0.4) is 0 Å². The highest BCUT2D eigenvalue weighted by atomic mass is 79.9. The quantitative estimate of drug-likeness (QED) is 0.870. The van der Waals surface area contributed by atoms with Crippen molar-refractivity contribution in [1.82, 2.24) is 0 Å². The van der Waals surface area contributed by atoms with E-state index in [0.29, 0.717) is 10.6 Å². The van der Waals surface area contributed by atoms with Crippen molar-refractivity contribution < 1.29 is 9.50 Å². The second-order valence-corrected chi connectivity index (χ2v) is 6.46. The molecule has 0 aliphatic heterocycles. The third kappa shape index (κ3) is 3.07. The van der Waals surface area contributed by atoms with Gasteiger partial charge < -0.3 is 5.11 Å². The van der Waals surface area contributed by atoms with Crippen LogP contribution in [0, 0.1) is 5.82 Å². The van der Waals surface area contributed by atoms with Gasteiger partial charge in [0.1, 0.15) is 5.82 Å². The van der Waals surface area contributed by atoms with E-state index in [1.165, 1.54) is 17.4 Å². The fourth-order valence-electron chi connectivity index (χ4n) is 1.53. The Labute approximate surface area is 116 Å². The Bertz CT molecular complexity index is 509. The highest BCUT2D eigenvalue weighted by molar-refractivity contribution is 9.11. The fraction of sp³-hybridized carbons (Fsp3) is 0.167. The molecule has 0 amide bonds. The van der Waals surface area contributed by atoms with Crippen molar-refractivity contribution in [2.24, 2.45) is 0 Å². The van der Waals surface area contributed by atoms with Gasteiger partial charge in [-0.3, -0.25) is 0 Å². The number of hydrogen-bond acceptors (Lipinski definition) is 2. The lowest BCUT2D eigenvalue weighted by atomic mass is 10.1. The van der Waals surface area contributed by atoms with Crippen LogP contribution in [0.15, 0.2) is 34.1 Å². The molecule has 1 aromatic heterocycles. The zero-order valence-electron chi connectivity index (χ0n) is 8.66. The Balaban J connectivity index is 2.21. The number of hydrogen-bond donors (Lipinski definition) is 1. The highest BCUT2D eigenvalue weighted by Crippen LogP contribution is 2.31. The van der Waals surface area contributed by atoms with Crippen LogP contribution < -0.4 is 0 Å². The molecule has 2 rings (SSSR count). The van der Waals surface area contributed by atoms with Crippen molar-refractivity contribution in [3.05, 3.63) is 55.4 Å². The van der Waals surface area contributed by atoms with Gasteiger partial charge in [0.15, 0.2) is 0 Å². The van der Waals surface area contributed by atoms with E-state index in [9.17, 15) is 9.50 Å². The summed E-state index contributed by atoms with van der Waals surface area (Å²) in [4.78, 5) is 0.788. The van der Waals surface area contributed by atoms with Crippen LogP contribution in [0.1, 0.15) is 16.5 Å². The van der Waals surface area contributed by atoms with Crippen LogP contribution >= 0.6 is 38.9 Å². The first-order valence-electron chi connectivity index (χ1n) is 4.94. The SMILES string of the molecule is OC(Cc1c(F)cccc1Cl)c1ccc(Br)s1. The van der Waals surface area contributed by atoms with E-state index in [2.05, 4.69) is 15.9 Å². The van der Waals surface area contributed by atoms with Crippen molar-refractivity contribution in [2.75, 3.05) is 0 Å². The first-order chi connectivity index (χ1) is 8.08. The lowest BCUT2D eigenvalue weighted by Crippen LogP contribution is -2.02. The summed E-state index contributed by atoms with van der Waals surface area (Å²) < 4.78 is 14.5. The zero-order chi connectivity index (χ0) is 12.4. The molecule has 1 nitrogen and oxygen atoms in total.